The van der Waals surface area contributed by atoms with Crippen LogP contribution in [0.1, 0.15) is 25.0 Å². The molecule has 0 fully saturated rings. The Balaban J connectivity index is 2.52. The van der Waals surface area contributed by atoms with E-state index in [0.29, 0.717) is 5.96 Å². The van der Waals surface area contributed by atoms with E-state index >= 15 is 0 Å². The maximum Gasteiger partial charge on any atom is 0.191 e. The fourth-order valence-electron chi connectivity index (χ4n) is 1.72. The number of pyridine rings is 1. The van der Waals surface area contributed by atoms with Crippen molar-refractivity contribution in [2.45, 2.75) is 27.2 Å². The molecule has 0 radical (unpaired) electrons. The minimum Gasteiger partial charge on any atom is -0.370 e. The van der Waals surface area contributed by atoms with Gasteiger partial charge in [0.1, 0.15) is 0 Å². The lowest BCUT2D eigenvalue weighted by Crippen LogP contribution is -2.37. The maximum absolute atomic E-state index is 5.90. The fraction of sp³-hybridized carbons (Fsp3) is 0.538. The molecule has 0 bridgehead atoms. The monoisotopic (exact) mass is 234 g/mol. The first-order chi connectivity index (χ1) is 8.19. The first-order valence-corrected chi connectivity index (χ1v) is 6.13. The van der Waals surface area contributed by atoms with E-state index in [1.165, 1.54) is 11.1 Å². The smallest absolute Gasteiger partial charge is 0.191 e. The molecule has 94 valence electrons. The van der Waals surface area contributed by atoms with E-state index in [1.54, 1.807) is 0 Å². The predicted octanol–water partition coefficient (Wildman–Crippen LogP) is 1.59. The number of nitrogens with zero attached hydrogens (tertiary/aromatic N) is 3. The average molecular weight is 234 g/mol. The summed E-state index contributed by atoms with van der Waals surface area (Å²) in [6.45, 7) is 8.77. The van der Waals surface area contributed by atoms with E-state index in [2.05, 4.69) is 35.6 Å². The molecule has 0 aliphatic rings. The molecule has 0 aromatic carbocycles. The van der Waals surface area contributed by atoms with E-state index < -0.39 is 0 Å². The van der Waals surface area contributed by atoms with E-state index in [1.807, 2.05) is 18.5 Å². The molecule has 4 nitrogen and oxygen atoms in total. The van der Waals surface area contributed by atoms with Crippen molar-refractivity contribution >= 4 is 5.96 Å². The Kier molecular flexibility index (Phi) is 5.46. The summed E-state index contributed by atoms with van der Waals surface area (Å²) in [5, 5.41) is 0. The molecule has 0 amide bonds. The van der Waals surface area contributed by atoms with Crippen LogP contribution in [-0.2, 0) is 6.42 Å². The van der Waals surface area contributed by atoms with Crippen LogP contribution in [-0.4, -0.2) is 35.5 Å². The molecule has 2 N–H and O–H groups in total. The summed E-state index contributed by atoms with van der Waals surface area (Å²) in [7, 11) is 0. The summed E-state index contributed by atoms with van der Waals surface area (Å²) >= 11 is 0. The average Bonchev–Trinajstić information content (AvgIpc) is 2.33. The van der Waals surface area contributed by atoms with Crippen LogP contribution in [0.5, 0.6) is 0 Å². The molecule has 0 spiro atoms. The van der Waals surface area contributed by atoms with Gasteiger partial charge in [-0.1, -0.05) is 0 Å². The first kappa shape index (κ1) is 13.5. The molecule has 1 aromatic heterocycles. The van der Waals surface area contributed by atoms with Gasteiger partial charge in [0, 0.05) is 32.0 Å². The number of nitrogens with two attached hydrogens (primary N) is 1. The zero-order valence-electron chi connectivity index (χ0n) is 11.0. The van der Waals surface area contributed by atoms with Crippen LogP contribution in [0.15, 0.2) is 23.5 Å². The molecule has 0 saturated carbocycles. The Labute approximate surface area is 104 Å². The van der Waals surface area contributed by atoms with Crippen LogP contribution in [0.2, 0.25) is 0 Å². The lowest BCUT2D eigenvalue weighted by Gasteiger charge is -2.19. The topological polar surface area (TPSA) is 54.5 Å². The number of aryl methyl sites for hydroxylation is 1. The number of aromatic nitrogens is 1. The quantitative estimate of drug-likeness (QED) is 0.622. The van der Waals surface area contributed by atoms with Crippen molar-refractivity contribution in [1.29, 1.82) is 0 Å². The molecule has 0 aliphatic carbocycles. The van der Waals surface area contributed by atoms with Crippen LogP contribution in [0.4, 0.5) is 0 Å². The molecule has 0 atom stereocenters. The van der Waals surface area contributed by atoms with Crippen LogP contribution < -0.4 is 5.73 Å². The molecule has 1 aromatic rings. The second-order valence-electron chi connectivity index (χ2n) is 3.96. The number of guanidine groups is 1. The second kappa shape index (κ2) is 6.89. The first-order valence-electron chi connectivity index (χ1n) is 6.13. The van der Waals surface area contributed by atoms with Gasteiger partial charge in [-0.2, -0.15) is 0 Å². The highest BCUT2D eigenvalue weighted by molar-refractivity contribution is 5.77. The highest BCUT2D eigenvalue weighted by Gasteiger charge is 2.02. The molecule has 4 heteroatoms. The Morgan fingerprint density at radius 3 is 2.71 bits per heavy atom. The van der Waals surface area contributed by atoms with Crippen molar-refractivity contribution in [3.8, 4) is 0 Å². The largest absolute Gasteiger partial charge is 0.370 e. The number of hydrogen-bond acceptors (Lipinski definition) is 2. The Hall–Kier alpha value is -1.58. The maximum atomic E-state index is 5.90. The van der Waals surface area contributed by atoms with Crippen molar-refractivity contribution in [2.24, 2.45) is 10.7 Å². The SMILES string of the molecule is CCN(CC)C(N)=NCCc1ccncc1C. The van der Waals surface area contributed by atoms with Crippen molar-refractivity contribution in [2.75, 3.05) is 19.6 Å². The van der Waals surface area contributed by atoms with E-state index in [9.17, 15) is 0 Å². The summed E-state index contributed by atoms with van der Waals surface area (Å²) in [6.07, 6.45) is 4.61. The van der Waals surface area contributed by atoms with Gasteiger partial charge >= 0.3 is 0 Å². The second-order valence-corrected chi connectivity index (χ2v) is 3.96. The third-order valence-electron chi connectivity index (χ3n) is 2.88. The third kappa shape index (κ3) is 4.06. The Morgan fingerprint density at radius 2 is 2.12 bits per heavy atom. The van der Waals surface area contributed by atoms with Gasteiger partial charge in [-0.15, -0.1) is 0 Å². The van der Waals surface area contributed by atoms with Gasteiger partial charge in [-0.05, 0) is 44.4 Å². The number of hydrogen-bond donors (Lipinski definition) is 1. The summed E-state index contributed by atoms with van der Waals surface area (Å²) in [6, 6.07) is 2.04. The van der Waals surface area contributed by atoms with Gasteiger partial charge in [0.2, 0.25) is 0 Å². The van der Waals surface area contributed by atoms with E-state index in [-0.39, 0.29) is 0 Å². The normalized spacial score (nSPS) is 11.6. The molecular weight excluding hydrogens is 212 g/mol. The molecule has 1 heterocycles. The highest BCUT2D eigenvalue weighted by atomic mass is 15.2. The Morgan fingerprint density at radius 1 is 1.41 bits per heavy atom. The third-order valence-corrected chi connectivity index (χ3v) is 2.88. The minimum absolute atomic E-state index is 0.640. The van der Waals surface area contributed by atoms with Gasteiger partial charge in [-0.3, -0.25) is 9.98 Å². The number of rotatable bonds is 5. The lowest BCUT2D eigenvalue weighted by atomic mass is 10.1. The van der Waals surface area contributed by atoms with Crippen LogP contribution in [0.3, 0.4) is 0 Å². The van der Waals surface area contributed by atoms with Gasteiger partial charge in [-0.25, -0.2) is 0 Å². The summed E-state index contributed by atoms with van der Waals surface area (Å²) < 4.78 is 0. The van der Waals surface area contributed by atoms with E-state index in [4.69, 9.17) is 5.73 Å². The summed E-state index contributed by atoms with van der Waals surface area (Å²) in [4.78, 5) is 10.5. The van der Waals surface area contributed by atoms with Gasteiger partial charge in [0.25, 0.3) is 0 Å². The van der Waals surface area contributed by atoms with E-state index in [0.717, 1.165) is 26.1 Å². The lowest BCUT2D eigenvalue weighted by molar-refractivity contribution is 0.458. The van der Waals surface area contributed by atoms with Crippen LogP contribution >= 0.6 is 0 Å². The van der Waals surface area contributed by atoms with Gasteiger partial charge in [0.05, 0.1) is 0 Å². The van der Waals surface area contributed by atoms with Crippen LogP contribution in [0, 0.1) is 6.92 Å². The summed E-state index contributed by atoms with van der Waals surface area (Å²) in [5.74, 6) is 0.640. The molecule has 0 aliphatic heterocycles. The van der Waals surface area contributed by atoms with Crippen LogP contribution in [0.25, 0.3) is 0 Å². The molecule has 17 heavy (non-hydrogen) atoms. The molecule has 0 unspecified atom stereocenters. The number of aliphatic imine (C=N–C) groups is 1. The van der Waals surface area contributed by atoms with Gasteiger partial charge < -0.3 is 10.6 Å². The minimum atomic E-state index is 0.640. The van der Waals surface area contributed by atoms with Crippen molar-refractivity contribution in [3.63, 3.8) is 0 Å². The predicted molar refractivity (Wildman–Crippen MR) is 72.1 cm³/mol. The molecule has 1 rings (SSSR count). The van der Waals surface area contributed by atoms with Crippen molar-refractivity contribution in [3.05, 3.63) is 29.6 Å². The standard InChI is InChI=1S/C13H22N4/c1-4-17(5-2)13(14)16-9-7-12-6-8-15-10-11(12)3/h6,8,10H,4-5,7,9H2,1-3H3,(H2,14,16). The Bertz CT molecular complexity index is 369. The van der Waals surface area contributed by atoms with Crippen molar-refractivity contribution < 1.29 is 0 Å². The molecular formula is C13H22N4. The molecule has 0 saturated heterocycles. The zero-order chi connectivity index (χ0) is 12.7. The summed E-state index contributed by atoms with van der Waals surface area (Å²) in [5.41, 5.74) is 8.40. The van der Waals surface area contributed by atoms with Crippen molar-refractivity contribution in [1.82, 2.24) is 9.88 Å². The fourth-order valence-corrected chi connectivity index (χ4v) is 1.72. The highest BCUT2D eigenvalue weighted by Crippen LogP contribution is 2.05. The zero-order valence-corrected chi connectivity index (χ0v) is 11.0. The van der Waals surface area contributed by atoms with Gasteiger partial charge in [0.15, 0.2) is 5.96 Å².